The minimum Gasteiger partial charge on any atom is -0.544 e. The third-order valence-electron chi connectivity index (χ3n) is 4.12. The van der Waals surface area contributed by atoms with Crippen LogP contribution in [0.15, 0.2) is 58.3 Å². The number of likely N-dealkylation sites (N-methyl/N-ethyl adjacent to an activating group) is 1. The predicted octanol–water partition coefficient (Wildman–Crippen LogP) is 3.06. The molecule has 0 amide bonds. The fraction of sp³-hybridized carbons (Fsp3) is 0.368. The Morgan fingerprint density at radius 3 is 1.32 bits per heavy atom. The van der Waals surface area contributed by atoms with Crippen LogP contribution in [0.5, 0.6) is 0 Å². The van der Waals surface area contributed by atoms with E-state index >= 15 is 0 Å². The molecule has 2 rings (SSSR count). The van der Waals surface area contributed by atoms with Gasteiger partial charge in [-0.2, -0.15) is 0 Å². The molecule has 9 heteroatoms. The zero-order valence-electron chi connectivity index (χ0n) is 16.2. The molecule has 154 valence electrons. The number of hydrogen-bond donors (Lipinski definition) is 0. The molecule has 0 N–H and O–H groups in total. The number of nitrogens with zero attached hydrogens (tertiary/aromatic N) is 3. The van der Waals surface area contributed by atoms with Crippen LogP contribution in [0.25, 0.3) is 9.44 Å². The highest BCUT2D eigenvalue weighted by Gasteiger charge is 2.05. The molecule has 0 bridgehead atoms. The molecule has 0 atom stereocenters. The summed E-state index contributed by atoms with van der Waals surface area (Å²) in [5, 5.41) is 0. The van der Waals surface area contributed by atoms with Crippen LogP contribution in [0.1, 0.15) is 11.1 Å². The van der Waals surface area contributed by atoms with Crippen LogP contribution in [-0.4, -0.2) is 55.0 Å². The number of hydrogen-bond acceptors (Lipinski definition) is 5. The van der Waals surface area contributed by atoms with Gasteiger partial charge in [-0.3, -0.25) is 0 Å². The monoisotopic (exact) mass is 423 g/mol. The topological polar surface area (TPSA) is 99.7 Å². The summed E-state index contributed by atoms with van der Waals surface area (Å²) in [6, 6.07) is 13.0. The maximum Gasteiger partial charge on any atom is 0.101 e. The summed E-state index contributed by atoms with van der Waals surface area (Å²) in [5.74, 6) is 0. The lowest BCUT2D eigenvalue weighted by molar-refractivity contribution is 0.366. The minimum absolute atomic E-state index is 0.0947. The number of rotatable bonds is 10. The first-order chi connectivity index (χ1) is 13.1. The second-order valence-electron chi connectivity index (χ2n) is 6.58. The highest BCUT2D eigenvalue weighted by molar-refractivity contribution is 7.94. The second kappa shape index (κ2) is 9.62. The Hall–Kier alpha value is -1.78. The van der Waals surface area contributed by atoms with Crippen molar-refractivity contribution < 1.29 is 16.8 Å². The summed E-state index contributed by atoms with van der Waals surface area (Å²) in [4.78, 5) is 2.13. The Bertz CT molecular complexity index is 889. The van der Waals surface area contributed by atoms with Gasteiger partial charge in [0.2, 0.25) is 0 Å². The standard InChI is InChI=1S/C19H25N3O4S2/c1-16-4-8-18(9-5-16)27(23,24)20-12-14-22(3)15-13-21-28(25,26)19-10-6-17(2)7-11-19/h4-11H,12-15H2,1-3H3/q-2. The predicted molar refractivity (Wildman–Crippen MR) is 111 cm³/mol. The SMILES string of the molecule is Cc1ccc(S(=O)(=O)[N-]CCN(C)CC[N-]S(=O)(=O)c2ccc(C)cc2)cc1. The normalized spacial score (nSPS) is 12.4. The molecule has 0 aliphatic heterocycles. The van der Waals surface area contributed by atoms with Gasteiger partial charge in [-0.15, -0.1) is 13.1 Å². The number of benzene rings is 2. The summed E-state index contributed by atoms with van der Waals surface area (Å²) in [5.41, 5.74) is 1.95. The smallest absolute Gasteiger partial charge is 0.101 e. The van der Waals surface area contributed by atoms with Crippen molar-refractivity contribution in [1.82, 2.24) is 4.90 Å². The van der Waals surface area contributed by atoms with Crippen LogP contribution in [0, 0.1) is 13.8 Å². The molecule has 28 heavy (non-hydrogen) atoms. The molecule has 0 saturated carbocycles. The second-order valence-corrected chi connectivity index (χ2v) is 9.94. The first-order valence-electron chi connectivity index (χ1n) is 8.79. The Morgan fingerprint density at radius 2 is 1.00 bits per heavy atom. The van der Waals surface area contributed by atoms with E-state index in [9.17, 15) is 16.8 Å². The Balaban J connectivity index is 1.76. The summed E-state index contributed by atoms with van der Waals surface area (Å²) < 4.78 is 56.3. The van der Waals surface area contributed by atoms with E-state index in [-0.39, 0.29) is 22.9 Å². The van der Waals surface area contributed by atoms with Gasteiger partial charge in [0.25, 0.3) is 0 Å². The maximum atomic E-state index is 12.2. The van der Waals surface area contributed by atoms with Gasteiger partial charge in [0.1, 0.15) is 20.0 Å². The highest BCUT2D eigenvalue weighted by atomic mass is 32.2. The zero-order chi connectivity index (χ0) is 20.8. The van der Waals surface area contributed by atoms with Crippen LogP contribution in [0.3, 0.4) is 0 Å². The lowest BCUT2D eigenvalue weighted by atomic mass is 10.2. The largest absolute Gasteiger partial charge is 0.544 e. The average Bonchev–Trinajstić information content (AvgIpc) is 2.62. The van der Waals surface area contributed by atoms with E-state index in [1.165, 1.54) is 24.3 Å². The quantitative estimate of drug-likeness (QED) is 0.585. The molecule has 0 aliphatic carbocycles. The molecule has 0 unspecified atom stereocenters. The summed E-state index contributed by atoms with van der Waals surface area (Å²) in [7, 11) is -5.59. The van der Waals surface area contributed by atoms with Gasteiger partial charge in [-0.1, -0.05) is 35.4 Å². The van der Waals surface area contributed by atoms with Crippen molar-refractivity contribution in [2.45, 2.75) is 23.6 Å². The molecular formula is C19H25N3O4S2-2. The number of sulfonamides is 2. The van der Waals surface area contributed by atoms with E-state index in [0.29, 0.717) is 13.1 Å². The van der Waals surface area contributed by atoms with E-state index < -0.39 is 20.0 Å². The molecular weight excluding hydrogens is 398 g/mol. The van der Waals surface area contributed by atoms with Crippen molar-refractivity contribution in [2.75, 3.05) is 33.2 Å². The van der Waals surface area contributed by atoms with Crippen LogP contribution in [0.2, 0.25) is 0 Å². The van der Waals surface area contributed by atoms with Gasteiger partial charge < -0.3 is 14.3 Å². The lowest BCUT2D eigenvalue weighted by Crippen LogP contribution is -2.26. The summed E-state index contributed by atoms with van der Waals surface area (Å²) in [6.07, 6.45) is 0. The van der Waals surface area contributed by atoms with E-state index in [4.69, 9.17) is 0 Å². The molecule has 0 heterocycles. The molecule has 2 aromatic carbocycles. The van der Waals surface area contributed by atoms with E-state index in [0.717, 1.165) is 11.1 Å². The lowest BCUT2D eigenvalue weighted by Gasteiger charge is -2.27. The number of aryl methyl sites for hydroxylation is 2. The molecule has 0 spiro atoms. The minimum atomic E-state index is -3.68. The van der Waals surface area contributed by atoms with Gasteiger partial charge in [0.05, 0.1) is 0 Å². The molecule has 0 fully saturated rings. The fourth-order valence-electron chi connectivity index (χ4n) is 2.34. The van der Waals surface area contributed by atoms with Crippen molar-refractivity contribution >= 4 is 20.0 Å². The maximum absolute atomic E-state index is 12.2. The first-order valence-corrected chi connectivity index (χ1v) is 11.7. The Morgan fingerprint density at radius 1 is 0.679 bits per heavy atom. The van der Waals surface area contributed by atoms with Crippen LogP contribution < -0.4 is 0 Å². The molecule has 0 aliphatic rings. The average molecular weight is 424 g/mol. The molecule has 7 nitrogen and oxygen atoms in total. The van der Waals surface area contributed by atoms with Crippen LogP contribution in [-0.2, 0) is 20.0 Å². The summed E-state index contributed by atoms with van der Waals surface area (Å²) >= 11 is 0. The molecule has 2 aromatic rings. The fourth-order valence-corrected chi connectivity index (χ4v) is 4.25. The first kappa shape index (κ1) is 22.5. The van der Waals surface area contributed by atoms with E-state index in [2.05, 4.69) is 9.44 Å². The molecule has 0 radical (unpaired) electrons. The van der Waals surface area contributed by atoms with Crippen LogP contribution in [0.4, 0.5) is 0 Å². The van der Waals surface area contributed by atoms with Crippen molar-refractivity contribution in [3.8, 4) is 0 Å². The van der Waals surface area contributed by atoms with Gasteiger partial charge in [0.15, 0.2) is 0 Å². The van der Waals surface area contributed by atoms with Crippen molar-refractivity contribution in [3.05, 3.63) is 69.1 Å². The highest BCUT2D eigenvalue weighted by Crippen LogP contribution is 2.18. The van der Waals surface area contributed by atoms with Gasteiger partial charge >= 0.3 is 0 Å². The summed E-state index contributed by atoms with van der Waals surface area (Å²) in [6.45, 7) is 4.71. The Kier molecular flexibility index (Phi) is 7.73. The van der Waals surface area contributed by atoms with Gasteiger partial charge in [-0.05, 0) is 58.3 Å². The van der Waals surface area contributed by atoms with E-state index in [1.54, 1.807) is 36.2 Å². The van der Waals surface area contributed by atoms with Gasteiger partial charge in [0, 0.05) is 9.79 Å². The van der Waals surface area contributed by atoms with Gasteiger partial charge in [-0.25, -0.2) is 16.8 Å². The van der Waals surface area contributed by atoms with Crippen molar-refractivity contribution in [2.24, 2.45) is 0 Å². The van der Waals surface area contributed by atoms with E-state index in [1.807, 2.05) is 13.8 Å². The van der Waals surface area contributed by atoms with Crippen LogP contribution >= 0.6 is 0 Å². The zero-order valence-corrected chi connectivity index (χ0v) is 17.9. The third-order valence-corrected chi connectivity index (χ3v) is 6.90. The third kappa shape index (κ3) is 6.68. The molecule has 0 aromatic heterocycles. The van der Waals surface area contributed by atoms with Crippen molar-refractivity contribution in [1.29, 1.82) is 0 Å². The Labute approximate surface area is 167 Å². The van der Waals surface area contributed by atoms with Crippen molar-refractivity contribution in [3.63, 3.8) is 0 Å². The molecule has 0 saturated heterocycles.